The van der Waals surface area contributed by atoms with E-state index in [-0.39, 0.29) is 0 Å². The van der Waals surface area contributed by atoms with Gasteiger partial charge in [-0.3, -0.25) is 0 Å². The largest absolute Gasteiger partial charge is 0.456 e. The van der Waals surface area contributed by atoms with Gasteiger partial charge >= 0.3 is 0 Å². The fraction of sp³-hybridized carbons (Fsp3) is 0. The maximum Gasteiger partial charge on any atom is 0.135 e. The SMILES string of the molecule is c1ccc(-n2c3ccccc3c3cccc4c5cc(-c6ccc7oc8ccccc8c7c6)ccc5n(c5ccccc52)c34)cc1. The number of benzene rings is 7. The number of furan rings is 1. The molecule has 10 aromatic rings. The lowest BCUT2D eigenvalue weighted by molar-refractivity contribution is 0.669. The van der Waals surface area contributed by atoms with Crippen LogP contribution >= 0.6 is 0 Å². The van der Waals surface area contributed by atoms with Gasteiger partial charge in [-0.15, -0.1) is 0 Å². The number of fused-ring (bicyclic) bond motifs is 10. The van der Waals surface area contributed by atoms with E-state index in [4.69, 9.17) is 4.42 Å². The zero-order valence-electron chi connectivity index (χ0n) is 24.3. The zero-order chi connectivity index (χ0) is 29.5. The summed E-state index contributed by atoms with van der Waals surface area (Å²) in [6.45, 7) is 0. The molecule has 10 rings (SSSR count). The van der Waals surface area contributed by atoms with Gasteiger partial charge in [0, 0.05) is 38.0 Å². The second kappa shape index (κ2) is 9.22. The van der Waals surface area contributed by atoms with Crippen LogP contribution in [-0.2, 0) is 0 Å². The van der Waals surface area contributed by atoms with Crippen molar-refractivity contribution < 1.29 is 4.42 Å². The van der Waals surface area contributed by atoms with Gasteiger partial charge in [0.2, 0.25) is 0 Å². The molecule has 0 aliphatic heterocycles. The van der Waals surface area contributed by atoms with Crippen LogP contribution in [0.1, 0.15) is 0 Å². The van der Waals surface area contributed by atoms with Crippen molar-refractivity contribution in [2.75, 3.05) is 0 Å². The van der Waals surface area contributed by atoms with Crippen LogP contribution in [0.3, 0.4) is 0 Å². The summed E-state index contributed by atoms with van der Waals surface area (Å²) < 4.78 is 11.0. The molecule has 0 aliphatic carbocycles. The van der Waals surface area contributed by atoms with Crippen LogP contribution in [0, 0.1) is 0 Å². The van der Waals surface area contributed by atoms with Crippen LogP contribution in [0.5, 0.6) is 0 Å². The van der Waals surface area contributed by atoms with E-state index in [0.717, 1.165) is 38.7 Å². The summed E-state index contributed by atoms with van der Waals surface area (Å²) in [6, 6.07) is 56.7. The number of rotatable bonds is 2. The van der Waals surface area contributed by atoms with Crippen LogP contribution in [0.25, 0.3) is 87.9 Å². The summed E-state index contributed by atoms with van der Waals surface area (Å²) in [5.41, 5.74) is 11.2. The fourth-order valence-corrected chi connectivity index (χ4v) is 7.35. The summed E-state index contributed by atoms with van der Waals surface area (Å²) in [5.74, 6) is 0. The summed E-state index contributed by atoms with van der Waals surface area (Å²) in [4.78, 5) is 0. The third-order valence-electron chi connectivity index (χ3n) is 9.31. The molecule has 3 heterocycles. The number of para-hydroxylation sites is 6. The van der Waals surface area contributed by atoms with Crippen molar-refractivity contribution in [3.05, 3.63) is 158 Å². The number of nitrogens with zero attached hydrogens (tertiary/aromatic N) is 2. The molecule has 0 N–H and O–H groups in total. The number of aromatic nitrogens is 2. The predicted octanol–water partition coefficient (Wildman–Crippen LogP) is 11.5. The summed E-state index contributed by atoms with van der Waals surface area (Å²) in [6.07, 6.45) is 0. The first-order valence-corrected chi connectivity index (χ1v) is 15.4. The quantitative estimate of drug-likeness (QED) is 0.201. The number of hydrogen-bond acceptors (Lipinski definition) is 1. The van der Waals surface area contributed by atoms with Gasteiger partial charge in [-0.25, -0.2) is 0 Å². The Bertz CT molecular complexity index is 2810. The third-order valence-corrected chi connectivity index (χ3v) is 9.31. The molecule has 3 heteroatoms. The maximum absolute atomic E-state index is 6.13. The van der Waals surface area contributed by atoms with Crippen molar-refractivity contribution in [1.82, 2.24) is 8.97 Å². The fourth-order valence-electron chi connectivity index (χ4n) is 7.35. The predicted molar refractivity (Wildman–Crippen MR) is 188 cm³/mol. The molecule has 0 saturated heterocycles. The van der Waals surface area contributed by atoms with Gasteiger partial charge in [0.15, 0.2) is 0 Å². The lowest BCUT2D eigenvalue weighted by Gasteiger charge is -2.16. The minimum atomic E-state index is 0.916. The molecule has 0 saturated carbocycles. The third kappa shape index (κ3) is 3.46. The van der Waals surface area contributed by atoms with Gasteiger partial charge < -0.3 is 13.4 Å². The Morgan fingerprint density at radius 2 is 0.956 bits per heavy atom. The van der Waals surface area contributed by atoms with Crippen molar-refractivity contribution in [2.45, 2.75) is 0 Å². The van der Waals surface area contributed by atoms with Gasteiger partial charge in [-0.1, -0.05) is 97.1 Å². The molecule has 45 heavy (non-hydrogen) atoms. The highest BCUT2D eigenvalue weighted by molar-refractivity contribution is 6.21. The average molecular weight is 575 g/mol. The topological polar surface area (TPSA) is 22.5 Å². The van der Waals surface area contributed by atoms with E-state index >= 15 is 0 Å². The van der Waals surface area contributed by atoms with Crippen LogP contribution in [-0.4, -0.2) is 8.97 Å². The van der Waals surface area contributed by atoms with E-state index in [2.05, 4.69) is 155 Å². The van der Waals surface area contributed by atoms with Gasteiger partial charge in [-0.2, -0.15) is 0 Å². The van der Waals surface area contributed by atoms with Gasteiger partial charge in [0.1, 0.15) is 11.2 Å². The molecule has 0 atom stereocenters. The van der Waals surface area contributed by atoms with E-state index in [9.17, 15) is 0 Å². The van der Waals surface area contributed by atoms with Gasteiger partial charge in [0.05, 0.1) is 27.6 Å². The lowest BCUT2D eigenvalue weighted by Crippen LogP contribution is -2.00. The molecule has 0 spiro atoms. The highest BCUT2D eigenvalue weighted by Gasteiger charge is 2.17. The van der Waals surface area contributed by atoms with E-state index in [1.54, 1.807) is 0 Å². The Balaban J connectivity index is 1.36. The Morgan fingerprint density at radius 1 is 0.356 bits per heavy atom. The summed E-state index contributed by atoms with van der Waals surface area (Å²) in [7, 11) is 0. The second-order valence-corrected chi connectivity index (χ2v) is 11.8. The van der Waals surface area contributed by atoms with E-state index in [1.807, 2.05) is 12.1 Å². The van der Waals surface area contributed by atoms with Gasteiger partial charge in [-0.05, 0) is 71.8 Å². The number of hydrogen-bond donors (Lipinski definition) is 0. The molecule has 3 aromatic heterocycles. The molecule has 0 bridgehead atoms. The molecule has 7 aromatic carbocycles. The van der Waals surface area contributed by atoms with Crippen molar-refractivity contribution >= 4 is 71.1 Å². The van der Waals surface area contributed by atoms with Crippen LogP contribution in [0.4, 0.5) is 0 Å². The minimum absolute atomic E-state index is 0.916. The minimum Gasteiger partial charge on any atom is -0.456 e. The molecule has 210 valence electrons. The standard InChI is InChI=1S/C42H26N2O/c1-2-11-29(12-3-1)43-36-17-6-4-13-30(36)32-15-10-16-33-34-25-27(21-23-37(34)44(42(32)33)39-19-8-7-18-38(39)43)28-22-24-41-35(26-28)31-14-5-9-20-40(31)45-41/h1-26H. The second-order valence-electron chi connectivity index (χ2n) is 11.8. The first-order valence-electron chi connectivity index (χ1n) is 15.4. The average Bonchev–Trinajstić information content (AvgIpc) is 3.64. The lowest BCUT2D eigenvalue weighted by atomic mass is 10.00. The molecule has 0 aliphatic rings. The van der Waals surface area contributed by atoms with E-state index < -0.39 is 0 Å². The Kier molecular flexibility index (Phi) is 5.00. The molecule has 0 unspecified atom stereocenters. The Labute approximate surface area is 258 Å². The smallest absolute Gasteiger partial charge is 0.135 e. The van der Waals surface area contributed by atoms with Crippen LogP contribution in [0.15, 0.2) is 162 Å². The Hall–Kier alpha value is -6.06. The monoisotopic (exact) mass is 574 g/mol. The van der Waals surface area contributed by atoms with E-state index in [0.29, 0.717) is 0 Å². The van der Waals surface area contributed by atoms with Crippen molar-refractivity contribution in [3.63, 3.8) is 0 Å². The Morgan fingerprint density at radius 3 is 1.80 bits per heavy atom. The molecule has 0 amide bonds. The van der Waals surface area contributed by atoms with Crippen molar-refractivity contribution in [1.29, 1.82) is 0 Å². The van der Waals surface area contributed by atoms with E-state index in [1.165, 1.54) is 49.2 Å². The van der Waals surface area contributed by atoms with Crippen molar-refractivity contribution in [3.8, 4) is 16.8 Å². The van der Waals surface area contributed by atoms with Crippen molar-refractivity contribution in [2.24, 2.45) is 0 Å². The first kappa shape index (κ1) is 24.4. The zero-order valence-corrected chi connectivity index (χ0v) is 24.3. The van der Waals surface area contributed by atoms with Gasteiger partial charge in [0.25, 0.3) is 0 Å². The van der Waals surface area contributed by atoms with Crippen LogP contribution in [0.2, 0.25) is 0 Å². The molecular formula is C42H26N2O. The maximum atomic E-state index is 6.13. The summed E-state index contributed by atoms with van der Waals surface area (Å²) in [5, 5.41) is 7.21. The molecule has 0 radical (unpaired) electrons. The molecular weight excluding hydrogens is 548 g/mol. The van der Waals surface area contributed by atoms with Crippen LogP contribution < -0.4 is 0 Å². The normalized spacial score (nSPS) is 12.0. The molecule has 3 nitrogen and oxygen atoms in total. The molecule has 0 fully saturated rings. The summed E-state index contributed by atoms with van der Waals surface area (Å²) >= 11 is 0. The highest BCUT2D eigenvalue weighted by Crippen LogP contribution is 2.40. The first-order chi connectivity index (χ1) is 22.3. The highest BCUT2D eigenvalue weighted by atomic mass is 16.3.